The quantitative estimate of drug-likeness (QED) is 0.894. The number of rotatable bonds is 2. The lowest BCUT2D eigenvalue weighted by Gasteiger charge is -2.31. The fraction of sp³-hybridized carbons (Fsp3) is 0.500. The Morgan fingerprint density at radius 1 is 1.44 bits per heavy atom. The van der Waals surface area contributed by atoms with Crippen molar-refractivity contribution in [1.29, 1.82) is 0 Å². The molecule has 0 saturated carbocycles. The van der Waals surface area contributed by atoms with Gasteiger partial charge in [0.05, 0.1) is 10.6 Å². The largest absolute Gasteiger partial charge is 0.339 e. The van der Waals surface area contributed by atoms with Crippen molar-refractivity contribution >= 4 is 17.5 Å². The van der Waals surface area contributed by atoms with E-state index in [0.29, 0.717) is 23.0 Å². The van der Waals surface area contributed by atoms with Crippen molar-refractivity contribution in [2.24, 2.45) is 11.7 Å². The van der Waals surface area contributed by atoms with Crippen LogP contribution in [0.5, 0.6) is 0 Å². The molecule has 0 aliphatic carbocycles. The van der Waals surface area contributed by atoms with E-state index in [1.807, 2.05) is 24.0 Å². The summed E-state index contributed by atoms with van der Waals surface area (Å²) in [5.41, 5.74) is 7.21. The number of piperidine rings is 1. The van der Waals surface area contributed by atoms with E-state index in [4.69, 9.17) is 17.3 Å². The van der Waals surface area contributed by atoms with Gasteiger partial charge in [0, 0.05) is 13.1 Å². The number of nitrogens with two attached hydrogens (primary N) is 1. The topological polar surface area (TPSA) is 46.3 Å². The normalized spacial score (nSPS) is 16.9. The molecule has 1 heterocycles. The number of carbonyl (C=O) groups excluding carboxylic acids is 1. The van der Waals surface area contributed by atoms with Gasteiger partial charge in [-0.05, 0) is 43.9 Å². The average Bonchev–Trinajstić information content (AvgIpc) is 2.41. The van der Waals surface area contributed by atoms with E-state index in [1.54, 1.807) is 6.07 Å². The van der Waals surface area contributed by atoms with Gasteiger partial charge in [-0.3, -0.25) is 4.79 Å². The van der Waals surface area contributed by atoms with Gasteiger partial charge < -0.3 is 10.6 Å². The number of nitrogens with zero attached hydrogens (tertiary/aromatic N) is 1. The van der Waals surface area contributed by atoms with E-state index in [2.05, 4.69) is 0 Å². The van der Waals surface area contributed by atoms with Gasteiger partial charge in [0.25, 0.3) is 5.91 Å². The summed E-state index contributed by atoms with van der Waals surface area (Å²) in [6.07, 6.45) is 1.98. The van der Waals surface area contributed by atoms with E-state index < -0.39 is 0 Å². The molecule has 2 N–H and O–H groups in total. The highest BCUT2D eigenvalue weighted by atomic mass is 35.5. The zero-order valence-electron chi connectivity index (χ0n) is 10.7. The molecular weight excluding hydrogens is 248 g/mol. The van der Waals surface area contributed by atoms with Crippen molar-refractivity contribution in [1.82, 2.24) is 4.90 Å². The van der Waals surface area contributed by atoms with E-state index in [-0.39, 0.29) is 5.91 Å². The fourth-order valence-corrected chi connectivity index (χ4v) is 2.56. The van der Waals surface area contributed by atoms with Crippen molar-refractivity contribution in [3.05, 3.63) is 34.3 Å². The van der Waals surface area contributed by atoms with Crippen LogP contribution in [0.2, 0.25) is 5.02 Å². The molecule has 0 atom stereocenters. The van der Waals surface area contributed by atoms with Crippen LogP contribution in [0.4, 0.5) is 0 Å². The molecule has 0 bridgehead atoms. The summed E-state index contributed by atoms with van der Waals surface area (Å²) >= 11 is 6.20. The smallest absolute Gasteiger partial charge is 0.255 e. The Bertz CT molecular complexity index is 439. The maximum atomic E-state index is 12.4. The van der Waals surface area contributed by atoms with E-state index in [1.165, 1.54) is 0 Å². The first-order chi connectivity index (χ1) is 8.63. The fourth-order valence-electron chi connectivity index (χ4n) is 2.35. The third-order valence-electron chi connectivity index (χ3n) is 3.66. The lowest BCUT2D eigenvalue weighted by atomic mass is 9.96. The molecule has 98 valence electrons. The Morgan fingerprint density at radius 2 is 2.11 bits per heavy atom. The zero-order valence-corrected chi connectivity index (χ0v) is 11.4. The molecule has 4 heteroatoms. The summed E-state index contributed by atoms with van der Waals surface area (Å²) in [6.45, 7) is 4.20. The van der Waals surface area contributed by atoms with E-state index in [9.17, 15) is 4.79 Å². The summed E-state index contributed by atoms with van der Waals surface area (Å²) in [7, 11) is 0. The maximum Gasteiger partial charge on any atom is 0.255 e. The first kappa shape index (κ1) is 13.4. The number of aryl methyl sites for hydroxylation is 1. The van der Waals surface area contributed by atoms with Gasteiger partial charge in [-0.2, -0.15) is 0 Å². The molecular formula is C14H19ClN2O. The Balaban J connectivity index is 2.10. The molecule has 1 saturated heterocycles. The first-order valence-electron chi connectivity index (χ1n) is 6.38. The number of carbonyl (C=O) groups is 1. The highest BCUT2D eigenvalue weighted by Gasteiger charge is 2.24. The van der Waals surface area contributed by atoms with E-state index >= 15 is 0 Å². The minimum atomic E-state index is 0.0409. The SMILES string of the molecule is Cc1cccc(C(=O)N2CCC(CN)CC2)c1Cl. The molecule has 1 aliphatic rings. The van der Waals surface area contributed by atoms with Crippen LogP contribution in [0.1, 0.15) is 28.8 Å². The van der Waals surface area contributed by atoms with Gasteiger partial charge in [-0.15, -0.1) is 0 Å². The monoisotopic (exact) mass is 266 g/mol. The van der Waals surface area contributed by atoms with Crippen LogP contribution in [0.25, 0.3) is 0 Å². The van der Waals surface area contributed by atoms with Gasteiger partial charge in [0.15, 0.2) is 0 Å². The number of halogens is 1. The van der Waals surface area contributed by atoms with Crippen LogP contribution in [0.3, 0.4) is 0 Å². The molecule has 0 spiro atoms. The molecule has 1 aromatic rings. The zero-order chi connectivity index (χ0) is 13.1. The molecule has 1 aromatic carbocycles. The summed E-state index contributed by atoms with van der Waals surface area (Å²) in [5, 5.41) is 0.573. The van der Waals surface area contributed by atoms with Crippen LogP contribution < -0.4 is 5.73 Å². The van der Waals surface area contributed by atoms with Crippen LogP contribution in [-0.2, 0) is 0 Å². The van der Waals surface area contributed by atoms with Gasteiger partial charge in [-0.25, -0.2) is 0 Å². The van der Waals surface area contributed by atoms with Crippen LogP contribution >= 0.6 is 11.6 Å². The summed E-state index contributed by atoms with van der Waals surface area (Å²) < 4.78 is 0. The average molecular weight is 267 g/mol. The molecule has 1 aliphatic heterocycles. The Morgan fingerprint density at radius 3 is 2.72 bits per heavy atom. The molecule has 0 radical (unpaired) electrons. The third kappa shape index (κ3) is 2.68. The first-order valence-corrected chi connectivity index (χ1v) is 6.75. The summed E-state index contributed by atoms with van der Waals surface area (Å²) in [6, 6.07) is 5.59. The molecule has 0 aromatic heterocycles. The second-order valence-electron chi connectivity index (χ2n) is 4.91. The van der Waals surface area contributed by atoms with Gasteiger partial charge >= 0.3 is 0 Å². The van der Waals surface area contributed by atoms with Crippen molar-refractivity contribution in [2.75, 3.05) is 19.6 Å². The molecule has 1 amide bonds. The van der Waals surface area contributed by atoms with Gasteiger partial charge in [0.1, 0.15) is 0 Å². The van der Waals surface area contributed by atoms with Crippen LogP contribution in [-0.4, -0.2) is 30.4 Å². The predicted molar refractivity (Wildman–Crippen MR) is 73.9 cm³/mol. The molecule has 3 nitrogen and oxygen atoms in total. The third-order valence-corrected chi connectivity index (χ3v) is 4.16. The highest BCUT2D eigenvalue weighted by Crippen LogP contribution is 2.24. The lowest BCUT2D eigenvalue weighted by Crippen LogP contribution is -2.40. The van der Waals surface area contributed by atoms with Crippen LogP contribution in [0.15, 0.2) is 18.2 Å². The molecule has 0 unspecified atom stereocenters. The number of hydrogen-bond donors (Lipinski definition) is 1. The lowest BCUT2D eigenvalue weighted by molar-refractivity contribution is 0.0693. The minimum Gasteiger partial charge on any atom is -0.339 e. The molecule has 18 heavy (non-hydrogen) atoms. The van der Waals surface area contributed by atoms with Crippen molar-refractivity contribution in [2.45, 2.75) is 19.8 Å². The van der Waals surface area contributed by atoms with E-state index in [0.717, 1.165) is 31.5 Å². The summed E-state index contributed by atoms with van der Waals surface area (Å²) in [5.74, 6) is 0.598. The van der Waals surface area contributed by atoms with Gasteiger partial charge in [-0.1, -0.05) is 23.7 Å². The predicted octanol–water partition coefficient (Wildman–Crippen LogP) is 2.46. The van der Waals surface area contributed by atoms with Crippen molar-refractivity contribution in [3.63, 3.8) is 0 Å². The molecule has 2 rings (SSSR count). The van der Waals surface area contributed by atoms with Crippen molar-refractivity contribution < 1.29 is 4.79 Å². The van der Waals surface area contributed by atoms with Crippen molar-refractivity contribution in [3.8, 4) is 0 Å². The number of benzene rings is 1. The number of hydrogen-bond acceptors (Lipinski definition) is 2. The second-order valence-corrected chi connectivity index (χ2v) is 5.29. The second kappa shape index (κ2) is 5.72. The Kier molecular flexibility index (Phi) is 4.25. The highest BCUT2D eigenvalue weighted by molar-refractivity contribution is 6.34. The molecule has 1 fully saturated rings. The van der Waals surface area contributed by atoms with Crippen LogP contribution in [0, 0.1) is 12.8 Å². The Labute approximate surface area is 113 Å². The number of likely N-dealkylation sites (tertiary alicyclic amines) is 1. The minimum absolute atomic E-state index is 0.0409. The standard InChI is InChI=1S/C14H19ClN2O/c1-10-3-2-4-12(13(10)15)14(18)17-7-5-11(9-16)6-8-17/h2-4,11H,5-9,16H2,1H3. The Hall–Kier alpha value is -1.06. The summed E-state index contributed by atoms with van der Waals surface area (Å²) in [4.78, 5) is 14.3. The van der Waals surface area contributed by atoms with Gasteiger partial charge in [0.2, 0.25) is 0 Å². The number of amides is 1. The maximum absolute atomic E-state index is 12.4.